The number of carbonyl (C=O) groups is 4. The van der Waals surface area contributed by atoms with E-state index >= 15 is 0 Å². The number of likely N-dealkylation sites (tertiary alicyclic amines) is 1. The lowest BCUT2D eigenvalue weighted by Gasteiger charge is -2.54. The lowest BCUT2D eigenvalue weighted by atomic mass is 9.54. The molecule has 2 bridgehead atoms. The highest BCUT2D eigenvalue weighted by Crippen LogP contribution is 2.69. The first-order valence-corrected chi connectivity index (χ1v) is 15.7. The van der Waals surface area contributed by atoms with Gasteiger partial charge >= 0.3 is 5.97 Å². The topological polar surface area (TPSA) is 80.8 Å². The zero-order chi connectivity index (χ0) is 31.7. The zero-order valence-electron chi connectivity index (χ0n) is 23.4. The standard InChI is InChI=1S/C35H23Cl4NO5/c36-20-14-15-21(26(37)17-20)28(41)18-45-33(44)27(16-19-8-2-1-3-9-19)40-31(42)29-30(32(40)43)35(39)23-11-5-4-10-22(23)34(29,38)24-12-6-7-13-25(24)35/h1-15,17,27,29-30H,16,18H2/t27-,29+,30+,34?,35?/m0/s1. The van der Waals surface area contributed by atoms with Crippen LogP contribution in [0, 0.1) is 11.8 Å². The molecule has 4 aromatic carbocycles. The van der Waals surface area contributed by atoms with Crippen molar-refractivity contribution in [3.8, 4) is 0 Å². The first-order chi connectivity index (χ1) is 21.6. The second kappa shape index (κ2) is 11.0. The number of esters is 1. The SMILES string of the molecule is O=C(COC(=O)[C@H](Cc1ccccc1)N1C(=O)[C@H]2[C@H](C1=O)C1(Cl)c3ccccc3C2(Cl)c2ccccc21)c1ccc(Cl)cc1Cl. The van der Waals surface area contributed by atoms with E-state index in [0.29, 0.717) is 32.8 Å². The van der Waals surface area contributed by atoms with Crippen molar-refractivity contribution in [2.75, 3.05) is 6.61 Å². The summed E-state index contributed by atoms with van der Waals surface area (Å²) >= 11 is 27.2. The lowest BCUT2D eigenvalue weighted by molar-refractivity contribution is -0.158. The summed E-state index contributed by atoms with van der Waals surface area (Å²) in [6.45, 7) is -0.662. The first-order valence-electron chi connectivity index (χ1n) is 14.2. The Balaban J connectivity index is 1.28. The molecule has 1 aliphatic heterocycles. The Labute approximate surface area is 278 Å². The average molecular weight is 679 g/mol. The van der Waals surface area contributed by atoms with Crippen LogP contribution in [0.25, 0.3) is 0 Å². The Hall–Kier alpha value is -3.68. The molecular formula is C35H23Cl4NO5. The monoisotopic (exact) mass is 677 g/mol. The number of alkyl halides is 2. The highest BCUT2D eigenvalue weighted by Gasteiger charge is 2.73. The highest BCUT2D eigenvalue weighted by atomic mass is 35.5. The predicted molar refractivity (Wildman–Crippen MR) is 171 cm³/mol. The van der Waals surface area contributed by atoms with Crippen molar-refractivity contribution in [2.24, 2.45) is 11.8 Å². The molecular weight excluding hydrogens is 656 g/mol. The first kappa shape index (κ1) is 30.0. The van der Waals surface area contributed by atoms with Gasteiger partial charge in [-0.1, -0.05) is 102 Å². The molecule has 0 radical (unpaired) electrons. The molecule has 2 amide bonds. The van der Waals surface area contributed by atoms with Gasteiger partial charge < -0.3 is 4.74 Å². The average Bonchev–Trinajstić information content (AvgIpc) is 3.32. The van der Waals surface area contributed by atoms with Crippen LogP contribution < -0.4 is 0 Å². The van der Waals surface area contributed by atoms with Crippen LogP contribution in [0.2, 0.25) is 10.0 Å². The number of nitrogens with zero attached hydrogens (tertiary/aromatic N) is 1. The molecule has 0 N–H and O–H groups in total. The van der Waals surface area contributed by atoms with Crippen LogP contribution in [0.1, 0.15) is 38.2 Å². The number of hydrogen-bond donors (Lipinski definition) is 0. The van der Waals surface area contributed by atoms with Crippen LogP contribution in [-0.4, -0.2) is 41.1 Å². The number of ether oxygens (including phenoxy) is 1. The number of carbonyl (C=O) groups excluding carboxylic acids is 4. The Morgan fingerprint density at radius 2 is 1.22 bits per heavy atom. The van der Waals surface area contributed by atoms with Gasteiger partial charge in [-0.2, -0.15) is 0 Å². The third kappa shape index (κ3) is 4.38. The summed E-state index contributed by atoms with van der Waals surface area (Å²) in [5, 5.41) is 0.448. The van der Waals surface area contributed by atoms with Crippen molar-refractivity contribution in [1.29, 1.82) is 0 Å². The minimum atomic E-state index is -1.40. The number of hydrogen-bond acceptors (Lipinski definition) is 5. The van der Waals surface area contributed by atoms with Gasteiger partial charge in [0.05, 0.1) is 16.9 Å². The van der Waals surface area contributed by atoms with Gasteiger partial charge in [0.25, 0.3) is 0 Å². The van der Waals surface area contributed by atoms with Crippen molar-refractivity contribution in [2.45, 2.75) is 22.2 Å². The van der Waals surface area contributed by atoms with Crippen LogP contribution in [0.15, 0.2) is 97.1 Å². The summed E-state index contributed by atoms with van der Waals surface area (Å²) in [6.07, 6.45) is -0.0447. The minimum Gasteiger partial charge on any atom is -0.456 e. The number of amides is 2. The molecule has 8 rings (SSSR count). The van der Waals surface area contributed by atoms with Gasteiger partial charge in [0, 0.05) is 17.0 Å². The van der Waals surface area contributed by atoms with Crippen molar-refractivity contribution >= 4 is 70.0 Å². The molecule has 6 nitrogen and oxygen atoms in total. The number of halogens is 4. The fourth-order valence-electron chi connectivity index (χ4n) is 7.14. The smallest absolute Gasteiger partial charge is 0.330 e. The van der Waals surface area contributed by atoms with E-state index in [0.717, 1.165) is 4.90 Å². The molecule has 0 spiro atoms. The Kier molecular flexibility index (Phi) is 7.33. The summed E-state index contributed by atoms with van der Waals surface area (Å²) < 4.78 is 5.49. The molecule has 3 atom stereocenters. The largest absolute Gasteiger partial charge is 0.456 e. The quantitative estimate of drug-likeness (QED) is 0.0917. The molecule has 4 aliphatic rings. The molecule has 0 aromatic heterocycles. The van der Waals surface area contributed by atoms with E-state index in [1.165, 1.54) is 18.2 Å². The van der Waals surface area contributed by atoms with E-state index in [2.05, 4.69) is 0 Å². The second-order valence-electron chi connectivity index (χ2n) is 11.4. The van der Waals surface area contributed by atoms with Gasteiger partial charge in [0.15, 0.2) is 6.61 Å². The summed E-state index contributed by atoms with van der Waals surface area (Å²) in [4.78, 5) is 54.0. The number of rotatable bonds is 7. The molecule has 3 aliphatic carbocycles. The number of benzene rings is 4. The fraction of sp³-hybridized carbons (Fsp3) is 0.200. The van der Waals surface area contributed by atoms with Gasteiger partial charge in [0.1, 0.15) is 15.8 Å². The molecule has 1 saturated heterocycles. The molecule has 4 aromatic rings. The third-order valence-electron chi connectivity index (χ3n) is 9.05. The van der Waals surface area contributed by atoms with Gasteiger partial charge in [0.2, 0.25) is 17.6 Å². The summed E-state index contributed by atoms with van der Waals surface area (Å²) in [5.41, 5.74) is 3.40. The van der Waals surface area contributed by atoms with Crippen LogP contribution in [0.3, 0.4) is 0 Å². The Bertz CT molecular complexity index is 1790. The van der Waals surface area contributed by atoms with E-state index in [9.17, 15) is 19.2 Å². The van der Waals surface area contributed by atoms with Crippen molar-refractivity contribution < 1.29 is 23.9 Å². The lowest BCUT2D eigenvalue weighted by Crippen LogP contribution is -2.57. The van der Waals surface area contributed by atoms with Crippen LogP contribution in [-0.2, 0) is 35.3 Å². The van der Waals surface area contributed by atoms with E-state index in [-0.39, 0.29) is 17.0 Å². The maximum atomic E-state index is 14.5. The van der Waals surface area contributed by atoms with E-state index in [1.54, 1.807) is 24.3 Å². The predicted octanol–water partition coefficient (Wildman–Crippen LogP) is 6.92. The minimum absolute atomic E-state index is 0.0447. The van der Waals surface area contributed by atoms with E-state index in [4.69, 9.17) is 51.1 Å². The van der Waals surface area contributed by atoms with Gasteiger partial charge in [-0.15, -0.1) is 23.2 Å². The molecule has 1 heterocycles. The Morgan fingerprint density at radius 1 is 0.733 bits per heavy atom. The summed E-state index contributed by atoms with van der Waals surface area (Å²) in [6, 6.07) is 26.5. The van der Waals surface area contributed by atoms with Gasteiger partial charge in [-0.25, -0.2) is 4.79 Å². The molecule has 0 saturated carbocycles. The van der Waals surface area contributed by atoms with E-state index in [1.807, 2.05) is 54.6 Å². The normalized spacial score (nSPS) is 24.9. The summed E-state index contributed by atoms with van der Waals surface area (Å²) in [5.74, 6) is -4.92. The third-order valence-corrected chi connectivity index (χ3v) is 10.9. The Morgan fingerprint density at radius 3 is 1.71 bits per heavy atom. The van der Waals surface area contributed by atoms with Crippen molar-refractivity contribution in [3.05, 3.63) is 140 Å². The maximum Gasteiger partial charge on any atom is 0.330 e. The van der Waals surface area contributed by atoms with Crippen LogP contribution in [0.5, 0.6) is 0 Å². The van der Waals surface area contributed by atoms with Gasteiger partial charge in [-0.05, 0) is 46.0 Å². The zero-order valence-corrected chi connectivity index (χ0v) is 26.4. The molecule has 10 heteroatoms. The number of Topliss-reactive ketones (excluding diaryl/α,β-unsaturated/α-hetero) is 1. The van der Waals surface area contributed by atoms with Gasteiger partial charge in [-0.3, -0.25) is 19.3 Å². The fourth-order valence-corrected chi connectivity index (χ4v) is 8.75. The van der Waals surface area contributed by atoms with Crippen molar-refractivity contribution in [3.63, 3.8) is 0 Å². The molecule has 0 unspecified atom stereocenters. The number of ketones is 1. The molecule has 45 heavy (non-hydrogen) atoms. The van der Waals surface area contributed by atoms with Crippen LogP contribution in [0.4, 0.5) is 0 Å². The molecule has 1 fully saturated rings. The number of imide groups is 1. The van der Waals surface area contributed by atoms with Crippen LogP contribution >= 0.6 is 46.4 Å². The molecule has 226 valence electrons. The highest BCUT2D eigenvalue weighted by molar-refractivity contribution is 6.37. The van der Waals surface area contributed by atoms with Crippen molar-refractivity contribution in [1.82, 2.24) is 4.90 Å². The van der Waals surface area contributed by atoms with E-state index < -0.39 is 57.8 Å². The second-order valence-corrected chi connectivity index (χ2v) is 13.4. The summed E-state index contributed by atoms with van der Waals surface area (Å²) in [7, 11) is 0. The maximum absolute atomic E-state index is 14.5.